The first-order chi connectivity index (χ1) is 9.31. The monoisotopic (exact) mass is 301 g/mol. The maximum absolute atomic E-state index is 12.4. The molecule has 0 unspecified atom stereocenters. The summed E-state index contributed by atoms with van der Waals surface area (Å²) in [5, 5.41) is 0. The Labute approximate surface area is 121 Å². The van der Waals surface area contributed by atoms with Crippen LogP contribution in [0.5, 0.6) is 0 Å². The van der Waals surface area contributed by atoms with Gasteiger partial charge in [-0.3, -0.25) is 13.6 Å². The zero-order chi connectivity index (χ0) is 15.2. The van der Waals surface area contributed by atoms with Gasteiger partial charge in [-0.25, -0.2) is 4.57 Å². The smallest absolute Gasteiger partial charge is 0.399 e. The maximum Gasteiger partial charge on any atom is 0.475 e. The fraction of sp³-hybridized carbons (Fsp3) is 0.571. The third kappa shape index (κ3) is 6.53. The molecule has 0 bridgehead atoms. The topological polar surface area (TPSA) is 70.8 Å². The minimum absolute atomic E-state index is 0.226. The van der Waals surface area contributed by atoms with E-state index in [4.69, 9.17) is 19.3 Å². The molecule has 114 valence electrons. The molecule has 0 fully saturated rings. The molecule has 5 nitrogen and oxygen atoms in total. The summed E-state index contributed by atoms with van der Waals surface area (Å²) in [5.74, 6) is 0. The van der Waals surface area contributed by atoms with E-state index in [1.807, 2.05) is 24.3 Å². The van der Waals surface area contributed by atoms with E-state index in [1.165, 1.54) is 0 Å². The lowest BCUT2D eigenvalue weighted by Crippen LogP contribution is -2.11. The molecular weight excluding hydrogens is 277 g/mol. The maximum atomic E-state index is 12.4. The first kappa shape index (κ1) is 17.2. The van der Waals surface area contributed by atoms with Gasteiger partial charge in [-0.15, -0.1) is 0 Å². The van der Waals surface area contributed by atoms with Gasteiger partial charge in [0.15, 0.2) is 0 Å². The molecule has 0 heterocycles. The van der Waals surface area contributed by atoms with Crippen LogP contribution in [0.15, 0.2) is 24.3 Å². The molecule has 0 saturated carbocycles. The van der Waals surface area contributed by atoms with Gasteiger partial charge in [-0.2, -0.15) is 0 Å². The van der Waals surface area contributed by atoms with E-state index in [2.05, 4.69) is 0 Å². The number of anilines is 1. The van der Waals surface area contributed by atoms with E-state index in [1.54, 1.807) is 27.7 Å². The highest BCUT2D eigenvalue weighted by Crippen LogP contribution is 2.51. The zero-order valence-corrected chi connectivity index (χ0v) is 13.4. The van der Waals surface area contributed by atoms with Crippen molar-refractivity contribution >= 4 is 13.5 Å². The van der Waals surface area contributed by atoms with Gasteiger partial charge in [-0.05, 0) is 51.8 Å². The van der Waals surface area contributed by atoms with Crippen molar-refractivity contribution in [3.63, 3.8) is 0 Å². The highest BCUT2D eigenvalue weighted by molar-refractivity contribution is 7.48. The standard InChI is InChI=1S/C14H24NO4P/c1-11(2)18-20(16,19-12(3)4)17-10-9-13-5-7-14(15)8-6-13/h5-8,11-12H,9-10,15H2,1-4H3. The van der Waals surface area contributed by atoms with Crippen LogP contribution >= 0.6 is 7.82 Å². The molecule has 0 aliphatic heterocycles. The van der Waals surface area contributed by atoms with E-state index in [0.29, 0.717) is 12.1 Å². The number of benzene rings is 1. The van der Waals surface area contributed by atoms with Crippen LogP contribution in [0.3, 0.4) is 0 Å². The Morgan fingerprint density at radius 3 is 2.00 bits per heavy atom. The number of nitrogens with two attached hydrogens (primary N) is 1. The summed E-state index contributed by atoms with van der Waals surface area (Å²) in [4.78, 5) is 0. The molecule has 2 N–H and O–H groups in total. The predicted octanol–water partition coefficient (Wildman–Crippen LogP) is 3.79. The first-order valence-electron chi connectivity index (χ1n) is 6.76. The van der Waals surface area contributed by atoms with Gasteiger partial charge in [-0.1, -0.05) is 12.1 Å². The average molecular weight is 301 g/mol. The SMILES string of the molecule is CC(C)OP(=O)(OCCc1ccc(N)cc1)OC(C)C. The lowest BCUT2D eigenvalue weighted by atomic mass is 10.1. The van der Waals surface area contributed by atoms with Crippen molar-refractivity contribution in [1.29, 1.82) is 0 Å². The van der Waals surface area contributed by atoms with Crippen LogP contribution in [0.2, 0.25) is 0 Å². The molecular formula is C14H24NO4P. The van der Waals surface area contributed by atoms with E-state index in [-0.39, 0.29) is 18.8 Å². The first-order valence-corrected chi connectivity index (χ1v) is 8.22. The number of hydrogen-bond donors (Lipinski definition) is 1. The van der Waals surface area contributed by atoms with Gasteiger partial charge in [0.05, 0.1) is 18.8 Å². The summed E-state index contributed by atoms with van der Waals surface area (Å²) < 4.78 is 28.4. The largest absolute Gasteiger partial charge is 0.475 e. The van der Waals surface area contributed by atoms with Crippen molar-refractivity contribution in [3.05, 3.63) is 29.8 Å². The van der Waals surface area contributed by atoms with Gasteiger partial charge >= 0.3 is 7.82 Å². The van der Waals surface area contributed by atoms with Crippen molar-refractivity contribution in [2.24, 2.45) is 0 Å². The Balaban J connectivity index is 2.53. The summed E-state index contributed by atoms with van der Waals surface area (Å²) in [6.45, 7) is 7.43. The second-order valence-electron chi connectivity index (χ2n) is 5.08. The second kappa shape index (κ2) is 7.79. The Kier molecular flexibility index (Phi) is 6.69. The Bertz CT molecular complexity index is 431. The molecule has 0 spiro atoms. The van der Waals surface area contributed by atoms with Crippen LogP contribution < -0.4 is 5.73 Å². The van der Waals surface area contributed by atoms with Gasteiger partial charge in [0.25, 0.3) is 0 Å². The Hall–Kier alpha value is -0.870. The molecule has 0 amide bonds. The van der Waals surface area contributed by atoms with Crippen molar-refractivity contribution in [3.8, 4) is 0 Å². The molecule has 1 aromatic carbocycles. The number of hydrogen-bond acceptors (Lipinski definition) is 5. The molecule has 1 rings (SSSR count). The summed E-state index contributed by atoms with van der Waals surface area (Å²) >= 11 is 0. The zero-order valence-electron chi connectivity index (χ0n) is 12.5. The Morgan fingerprint density at radius 2 is 1.55 bits per heavy atom. The minimum Gasteiger partial charge on any atom is -0.399 e. The number of nitrogen functional groups attached to an aromatic ring is 1. The molecule has 6 heteroatoms. The van der Waals surface area contributed by atoms with Crippen molar-refractivity contribution in [2.75, 3.05) is 12.3 Å². The molecule has 20 heavy (non-hydrogen) atoms. The third-order valence-electron chi connectivity index (χ3n) is 2.30. The average Bonchev–Trinajstić information content (AvgIpc) is 2.29. The van der Waals surface area contributed by atoms with Crippen LogP contribution in [0.25, 0.3) is 0 Å². The lowest BCUT2D eigenvalue weighted by molar-refractivity contribution is 0.0728. The number of phosphoric ester groups is 1. The fourth-order valence-electron chi connectivity index (χ4n) is 1.56. The molecule has 0 radical (unpaired) electrons. The molecule has 0 aliphatic carbocycles. The third-order valence-corrected chi connectivity index (χ3v) is 4.16. The summed E-state index contributed by atoms with van der Waals surface area (Å²) in [5.41, 5.74) is 7.39. The number of rotatable bonds is 8. The lowest BCUT2D eigenvalue weighted by Gasteiger charge is -2.21. The van der Waals surface area contributed by atoms with E-state index in [0.717, 1.165) is 5.56 Å². The van der Waals surface area contributed by atoms with Crippen molar-refractivity contribution in [2.45, 2.75) is 46.3 Å². The van der Waals surface area contributed by atoms with Gasteiger partial charge < -0.3 is 5.73 Å². The van der Waals surface area contributed by atoms with Gasteiger partial charge in [0.2, 0.25) is 0 Å². The Morgan fingerprint density at radius 1 is 1.05 bits per heavy atom. The van der Waals surface area contributed by atoms with Crippen LogP contribution in [-0.2, 0) is 24.6 Å². The van der Waals surface area contributed by atoms with E-state index < -0.39 is 7.82 Å². The van der Waals surface area contributed by atoms with Crippen molar-refractivity contribution in [1.82, 2.24) is 0 Å². The van der Waals surface area contributed by atoms with E-state index in [9.17, 15) is 4.57 Å². The van der Waals surface area contributed by atoms with E-state index >= 15 is 0 Å². The summed E-state index contributed by atoms with van der Waals surface area (Å²) in [7, 11) is -3.50. The molecule has 0 aliphatic rings. The summed E-state index contributed by atoms with van der Waals surface area (Å²) in [6.07, 6.45) is 0.167. The molecule has 0 saturated heterocycles. The second-order valence-corrected chi connectivity index (χ2v) is 6.65. The molecule has 0 aromatic heterocycles. The van der Waals surface area contributed by atoms with Gasteiger partial charge in [0, 0.05) is 5.69 Å². The van der Waals surface area contributed by atoms with Crippen LogP contribution in [0.4, 0.5) is 5.69 Å². The quantitative estimate of drug-likeness (QED) is 0.584. The van der Waals surface area contributed by atoms with Crippen LogP contribution in [0.1, 0.15) is 33.3 Å². The highest BCUT2D eigenvalue weighted by atomic mass is 31.2. The minimum atomic E-state index is -3.50. The van der Waals surface area contributed by atoms with Crippen molar-refractivity contribution < 1.29 is 18.1 Å². The molecule has 0 atom stereocenters. The summed E-state index contributed by atoms with van der Waals surface area (Å²) in [6, 6.07) is 7.47. The predicted molar refractivity (Wildman–Crippen MR) is 80.6 cm³/mol. The fourth-order valence-corrected chi connectivity index (χ4v) is 3.08. The van der Waals surface area contributed by atoms with Crippen LogP contribution in [-0.4, -0.2) is 18.8 Å². The normalized spacial score (nSPS) is 12.3. The van der Waals surface area contributed by atoms with Crippen LogP contribution in [0, 0.1) is 0 Å². The molecule has 1 aromatic rings. The highest BCUT2D eigenvalue weighted by Gasteiger charge is 2.29. The van der Waals surface area contributed by atoms with Gasteiger partial charge in [0.1, 0.15) is 0 Å². The number of phosphoric acid groups is 1.